The number of nitrogens with one attached hydrogen (secondary N) is 1. The minimum atomic E-state index is 0.991. The Hall–Kier alpha value is -2.10. The van der Waals surface area contributed by atoms with Gasteiger partial charge in [-0.2, -0.15) is 10.2 Å². The summed E-state index contributed by atoms with van der Waals surface area (Å²) in [5.41, 5.74) is 4.20. The Kier molecular flexibility index (Phi) is 1.83. The molecule has 4 nitrogen and oxygen atoms in total. The number of aryl methyl sites for hydroxylation is 2. The molecule has 0 spiro atoms. The molecule has 2 heterocycles. The van der Waals surface area contributed by atoms with Gasteiger partial charge in [0.1, 0.15) is 0 Å². The lowest BCUT2D eigenvalue weighted by Crippen LogP contribution is -1.87. The number of benzene rings is 1. The van der Waals surface area contributed by atoms with Gasteiger partial charge in [-0.15, -0.1) is 0 Å². The fourth-order valence-corrected chi connectivity index (χ4v) is 1.87. The van der Waals surface area contributed by atoms with Crippen LogP contribution in [0.3, 0.4) is 0 Å². The van der Waals surface area contributed by atoms with Crippen LogP contribution in [-0.2, 0) is 7.05 Å². The third-order valence-corrected chi connectivity index (χ3v) is 2.75. The maximum absolute atomic E-state index is 4.39. The molecule has 1 aromatic carbocycles. The van der Waals surface area contributed by atoms with Gasteiger partial charge < -0.3 is 0 Å². The van der Waals surface area contributed by atoms with E-state index in [0.29, 0.717) is 0 Å². The van der Waals surface area contributed by atoms with E-state index in [1.165, 1.54) is 0 Å². The summed E-state index contributed by atoms with van der Waals surface area (Å²) >= 11 is 0. The summed E-state index contributed by atoms with van der Waals surface area (Å²) in [6, 6.07) is 8.20. The number of aromatic nitrogens is 4. The smallest absolute Gasteiger partial charge is 0.0924 e. The summed E-state index contributed by atoms with van der Waals surface area (Å²) in [5, 5.41) is 12.7. The average molecular weight is 212 g/mol. The normalized spacial score (nSPS) is 11.1. The van der Waals surface area contributed by atoms with Crippen molar-refractivity contribution in [3.8, 4) is 11.3 Å². The van der Waals surface area contributed by atoms with Crippen LogP contribution in [-0.4, -0.2) is 20.0 Å². The molecule has 80 valence electrons. The topological polar surface area (TPSA) is 46.5 Å². The van der Waals surface area contributed by atoms with Crippen LogP contribution >= 0.6 is 0 Å². The molecule has 0 aliphatic carbocycles. The first-order valence-corrected chi connectivity index (χ1v) is 5.19. The van der Waals surface area contributed by atoms with Gasteiger partial charge in [0.15, 0.2) is 0 Å². The Labute approximate surface area is 92.9 Å². The van der Waals surface area contributed by atoms with E-state index in [4.69, 9.17) is 0 Å². The van der Waals surface area contributed by atoms with Crippen LogP contribution < -0.4 is 0 Å². The number of hydrogen-bond donors (Lipinski definition) is 1. The molecule has 0 radical (unpaired) electrons. The van der Waals surface area contributed by atoms with Crippen LogP contribution in [0.15, 0.2) is 30.5 Å². The molecule has 0 amide bonds. The van der Waals surface area contributed by atoms with Gasteiger partial charge in [0.25, 0.3) is 0 Å². The quantitative estimate of drug-likeness (QED) is 0.672. The van der Waals surface area contributed by atoms with Crippen molar-refractivity contribution in [2.75, 3.05) is 0 Å². The first-order chi connectivity index (χ1) is 7.74. The number of nitrogens with zero attached hydrogens (tertiary/aromatic N) is 3. The van der Waals surface area contributed by atoms with Crippen LogP contribution in [0.25, 0.3) is 22.2 Å². The zero-order chi connectivity index (χ0) is 11.1. The van der Waals surface area contributed by atoms with E-state index < -0.39 is 0 Å². The number of aromatic amines is 1. The van der Waals surface area contributed by atoms with E-state index in [1.54, 1.807) is 0 Å². The van der Waals surface area contributed by atoms with Crippen LogP contribution in [0, 0.1) is 6.92 Å². The second kappa shape index (κ2) is 3.20. The molecule has 4 heteroatoms. The largest absolute Gasteiger partial charge is 0.282 e. The van der Waals surface area contributed by atoms with Crippen LogP contribution in [0.5, 0.6) is 0 Å². The van der Waals surface area contributed by atoms with E-state index in [0.717, 1.165) is 27.9 Å². The standard InChI is InChI=1S/C12H12N4/c1-8-10-7-9(3-4-12(10)14-13-8)11-5-6-16(2)15-11/h3-7H,1-2H3,(H,13,14). The van der Waals surface area contributed by atoms with Gasteiger partial charge in [-0.3, -0.25) is 9.78 Å². The summed E-state index contributed by atoms with van der Waals surface area (Å²) in [6.45, 7) is 2.03. The van der Waals surface area contributed by atoms with E-state index in [-0.39, 0.29) is 0 Å². The highest BCUT2D eigenvalue weighted by Gasteiger charge is 2.05. The zero-order valence-corrected chi connectivity index (χ0v) is 9.23. The number of rotatable bonds is 1. The van der Waals surface area contributed by atoms with Gasteiger partial charge in [0.2, 0.25) is 0 Å². The summed E-state index contributed by atoms with van der Waals surface area (Å²) in [4.78, 5) is 0. The molecule has 0 saturated heterocycles. The van der Waals surface area contributed by atoms with E-state index in [1.807, 2.05) is 43.0 Å². The van der Waals surface area contributed by atoms with Crippen LogP contribution in [0.1, 0.15) is 5.69 Å². The predicted molar refractivity (Wildman–Crippen MR) is 63.0 cm³/mol. The molecule has 0 fully saturated rings. The first kappa shape index (κ1) is 9.15. The predicted octanol–water partition coefficient (Wildman–Crippen LogP) is 2.27. The average Bonchev–Trinajstić information content (AvgIpc) is 2.86. The minimum Gasteiger partial charge on any atom is -0.282 e. The Bertz CT molecular complexity index is 648. The van der Waals surface area contributed by atoms with Gasteiger partial charge in [0.05, 0.1) is 11.2 Å². The van der Waals surface area contributed by atoms with Crippen molar-refractivity contribution in [3.05, 3.63) is 36.2 Å². The number of hydrogen-bond acceptors (Lipinski definition) is 2. The molecule has 2 aromatic heterocycles. The Balaban J connectivity index is 2.21. The van der Waals surface area contributed by atoms with Crippen molar-refractivity contribution in [3.63, 3.8) is 0 Å². The second-order valence-electron chi connectivity index (χ2n) is 3.96. The van der Waals surface area contributed by atoms with Crippen LogP contribution in [0.4, 0.5) is 0 Å². The molecule has 1 N–H and O–H groups in total. The van der Waals surface area contributed by atoms with Crippen molar-refractivity contribution in [2.24, 2.45) is 7.05 Å². The van der Waals surface area contributed by atoms with E-state index in [9.17, 15) is 0 Å². The summed E-state index contributed by atoms with van der Waals surface area (Å²) in [6.07, 6.45) is 1.95. The molecule has 0 unspecified atom stereocenters. The summed E-state index contributed by atoms with van der Waals surface area (Å²) in [7, 11) is 1.92. The Morgan fingerprint density at radius 1 is 1.25 bits per heavy atom. The maximum Gasteiger partial charge on any atom is 0.0924 e. The molecule has 3 aromatic rings. The fraction of sp³-hybridized carbons (Fsp3) is 0.167. The highest BCUT2D eigenvalue weighted by Crippen LogP contribution is 2.23. The van der Waals surface area contributed by atoms with Gasteiger partial charge in [0, 0.05) is 29.9 Å². The highest BCUT2D eigenvalue weighted by molar-refractivity contribution is 5.85. The van der Waals surface area contributed by atoms with Gasteiger partial charge >= 0.3 is 0 Å². The molecular weight excluding hydrogens is 200 g/mol. The molecule has 0 atom stereocenters. The SMILES string of the molecule is Cc1[nH]nc2ccc(-c3ccn(C)n3)cc12. The monoisotopic (exact) mass is 212 g/mol. The highest BCUT2D eigenvalue weighted by atomic mass is 15.2. The third-order valence-electron chi connectivity index (χ3n) is 2.75. The Morgan fingerprint density at radius 2 is 2.12 bits per heavy atom. The molecule has 0 aliphatic rings. The van der Waals surface area contributed by atoms with Crippen LogP contribution in [0.2, 0.25) is 0 Å². The third kappa shape index (κ3) is 1.31. The molecule has 0 bridgehead atoms. The molecule has 0 aliphatic heterocycles. The van der Waals surface area contributed by atoms with E-state index in [2.05, 4.69) is 21.4 Å². The van der Waals surface area contributed by atoms with Crippen molar-refractivity contribution >= 4 is 10.9 Å². The fourth-order valence-electron chi connectivity index (χ4n) is 1.87. The molecule has 0 saturated carbocycles. The van der Waals surface area contributed by atoms with Crippen molar-refractivity contribution in [1.29, 1.82) is 0 Å². The van der Waals surface area contributed by atoms with Gasteiger partial charge in [-0.1, -0.05) is 6.07 Å². The van der Waals surface area contributed by atoms with Crippen molar-refractivity contribution in [1.82, 2.24) is 20.0 Å². The summed E-state index contributed by atoms with van der Waals surface area (Å²) < 4.78 is 1.81. The minimum absolute atomic E-state index is 0.991. The molecule has 3 rings (SSSR count). The van der Waals surface area contributed by atoms with E-state index >= 15 is 0 Å². The maximum atomic E-state index is 4.39. The summed E-state index contributed by atoms with van der Waals surface area (Å²) in [5.74, 6) is 0. The van der Waals surface area contributed by atoms with Gasteiger partial charge in [-0.25, -0.2) is 0 Å². The molecular formula is C12H12N4. The second-order valence-corrected chi connectivity index (χ2v) is 3.96. The lowest BCUT2D eigenvalue weighted by Gasteiger charge is -1.97. The first-order valence-electron chi connectivity index (χ1n) is 5.19. The van der Waals surface area contributed by atoms with Crippen molar-refractivity contribution in [2.45, 2.75) is 6.92 Å². The van der Waals surface area contributed by atoms with Crippen molar-refractivity contribution < 1.29 is 0 Å². The lowest BCUT2D eigenvalue weighted by atomic mass is 10.1. The lowest BCUT2D eigenvalue weighted by molar-refractivity contribution is 0.771. The zero-order valence-electron chi connectivity index (χ0n) is 9.23. The Morgan fingerprint density at radius 3 is 2.88 bits per heavy atom. The van der Waals surface area contributed by atoms with Gasteiger partial charge in [-0.05, 0) is 25.1 Å². The molecule has 16 heavy (non-hydrogen) atoms. The number of fused-ring (bicyclic) bond motifs is 1. The number of H-pyrrole nitrogens is 1.